The Hall–Kier alpha value is -2.54. The van der Waals surface area contributed by atoms with Crippen LogP contribution < -0.4 is 16.2 Å². The van der Waals surface area contributed by atoms with Crippen molar-refractivity contribution in [2.75, 3.05) is 6.54 Å². The number of nitrogens with zero attached hydrogens (tertiary/aromatic N) is 2. The summed E-state index contributed by atoms with van der Waals surface area (Å²) in [6.07, 6.45) is 6.19. The van der Waals surface area contributed by atoms with Crippen molar-refractivity contribution in [3.05, 3.63) is 57.5 Å². The summed E-state index contributed by atoms with van der Waals surface area (Å²) >= 11 is 0. The Balaban J connectivity index is 1.55. The van der Waals surface area contributed by atoms with Crippen molar-refractivity contribution in [2.45, 2.75) is 59.0 Å². The van der Waals surface area contributed by atoms with Crippen LogP contribution in [0.25, 0.3) is 0 Å². The number of carbonyl (C=O) groups is 1. The lowest BCUT2D eigenvalue weighted by molar-refractivity contribution is 0.0938. The van der Waals surface area contributed by atoms with Gasteiger partial charge >= 0.3 is 0 Å². The third kappa shape index (κ3) is 5.04. The Kier molecular flexibility index (Phi) is 5.93. The van der Waals surface area contributed by atoms with E-state index >= 15 is 0 Å². The molecule has 0 bridgehead atoms. The Labute approximate surface area is 165 Å². The quantitative estimate of drug-likeness (QED) is 0.711. The summed E-state index contributed by atoms with van der Waals surface area (Å²) in [5.41, 5.74) is 2.75. The van der Waals surface area contributed by atoms with Crippen LogP contribution in [0.2, 0.25) is 0 Å². The normalized spacial score (nSPS) is 18.9. The fourth-order valence-electron chi connectivity index (χ4n) is 3.73. The van der Waals surface area contributed by atoms with E-state index in [1.54, 1.807) is 0 Å². The number of hydrogen-bond donors (Lipinski definition) is 3. The maximum atomic E-state index is 12.2. The fourth-order valence-corrected chi connectivity index (χ4v) is 3.73. The molecule has 0 saturated carbocycles. The molecule has 7 nitrogen and oxygen atoms in total. The molecule has 2 aromatic heterocycles. The van der Waals surface area contributed by atoms with Gasteiger partial charge in [-0.05, 0) is 51.1 Å². The number of aromatic nitrogens is 3. The van der Waals surface area contributed by atoms with Gasteiger partial charge < -0.3 is 15.6 Å². The number of carbonyl (C=O) groups excluding carboxylic acids is 1. The molecule has 1 amide bonds. The van der Waals surface area contributed by atoms with Crippen LogP contribution in [0.5, 0.6) is 0 Å². The summed E-state index contributed by atoms with van der Waals surface area (Å²) in [4.78, 5) is 34.9. The molecule has 28 heavy (non-hydrogen) atoms. The number of hydrogen-bond acceptors (Lipinski definition) is 5. The van der Waals surface area contributed by atoms with Crippen molar-refractivity contribution in [3.8, 4) is 0 Å². The van der Waals surface area contributed by atoms with Crippen LogP contribution in [0.1, 0.15) is 67.1 Å². The van der Waals surface area contributed by atoms with Crippen molar-refractivity contribution in [3.63, 3.8) is 0 Å². The zero-order chi connectivity index (χ0) is 20.3. The maximum absolute atomic E-state index is 12.2. The number of pyridine rings is 1. The molecule has 3 N–H and O–H groups in total. The summed E-state index contributed by atoms with van der Waals surface area (Å²) in [6, 6.07) is 3.12. The second-order valence-corrected chi connectivity index (χ2v) is 8.48. The minimum Gasteiger partial charge on any atom is -0.349 e. The number of aromatic amines is 1. The van der Waals surface area contributed by atoms with Crippen LogP contribution in [-0.2, 0) is 6.42 Å². The van der Waals surface area contributed by atoms with Gasteiger partial charge in [0.2, 0.25) is 5.56 Å². The predicted molar refractivity (Wildman–Crippen MR) is 108 cm³/mol. The summed E-state index contributed by atoms with van der Waals surface area (Å²) < 4.78 is 0. The zero-order valence-corrected chi connectivity index (χ0v) is 17.0. The molecule has 2 aromatic rings. The van der Waals surface area contributed by atoms with Crippen LogP contribution >= 0.6 is 0 Å². The third-order valence-corrected chi connectivity index (χ3v) is 5.19. The highest BCUT2D eigenvalue weighted by atomic mass is 16.2. The molecular formula is C21H29N5O2. The number of rotatable bonds is 6. The van der Waals surface area contributed by atoms with Gasteiger partial charge in [0.05, 0.1) is 5.56 Å². The SMILES string of the molecule is Cc1ncc2c(n1)CC(C)(C)CC2NCCC(C)NC(=O)c1ccc(=O)[nH]c1. The second kappa shape index (κ2) is 8.22. The Morgan fingerprint density at radius 2 is 2.18 bits per heavy atom. The molecule has 3 rings (SSSR count). The second-order valence-electron chi connectivity index (χ2n) is 8.48. The molecular weight excluding hydrogens is 354 g/mol. The van der Waals surface area contributed by atoms with Gasteiger partial charge in [0.15, 0.2) is 0 Å². The summed E-state index contributed by atoms with van der Waals surface area (Å²) in [5, 5.41) is 6.60. The van der Waals surface area contributed by atoms with Crippen molar-refractivity contribution >= 4 is 5.91 Å². The highest BCUT2D eigenvalue weighted by Crippen LogP contribution is 2.39. The van der Waals surface area contributed by atoms with E-state index in [1.807, 2.05) is 20.0 Å². The molecule has 2 heterocycles. The number of aryl methyl sites for hydroxylation is 1. The number of nitrogens with one attached hydrogen (secondary N) is 3. The molecule has 0 aliphatic heterocycles. The van der Waals surface area contributed by atoms with Crippen LogP contribution in [0.15, 0.2) is 29.3 Å². The number of amides is 1. The topological polar surface area (TPSA) is 99.8 Å². The van der Waals surface area contributed by atoms with Crippen molar-refractivity contribution in [1.29, 1.82) is 0 Å². The molecule has 150 valence electrons. The molecule has 2 unspecified atom stereocenters. The first-order valence-corrected chi connectivity index (χ1v) is 9.79. The Morgan fingerprint density at radius 3 is 2.89 bits per heavy atom. The van der Waals surface area contributed by atoms with Gasteiger partial charge in [0, 0.05) is 41.8 Å². The molecule has 1 aliphatic rings. The Bertz CT molecular complexity index is 885. The van der Waals surface area contributed by atoms with E-state index in [9.17, 15) is 9.59 Å². The van der Waals surface area contributed by atoms with E-state index in [1.165, 1.54) is 23.9 Å². The van der Waals surface area contributed by atoms with Crippen molar-refractivity contribution in [2.24, 2.45) is 5.41 Å². The first-order chi connectivity index (χ1) is 13.2. The average molecular weight is 383 g/mol. The van der Waals surface area contributed by atoms with Crippen LogP contribution in [0.4, 0.5) is 0 Å². The van der Waals surface area contributed by atoms with Crippen LogP contribution in [-0.4, -0.2) is 33.4 Å². The van der Waals surface area contributed by atoms with Gasteiger partial charge in [-0.15, -0.1) is 0 Å². The highest BCUT2D eigenvalue weighted by molar-refractivity contribution is 5.93. The number of fused-ring (bicyclic) bond motifs is 1. The minimum atomic E-state index is -0.219. The lowest BCUT2D eigenvalue weighted by Crippen LogP contribution is -2.38. The first kappa shape index (κ1) is 20.2. The van der Waals surface area contributed by atoms with Gasteiger partial charge in [-0.3, -0.25) is 9.59 Å². The van der Waals surface area contributed by atoms with E-state index in [0.717, 1.165) is 37.3 Å². The van der Waals surface area contributed by atoms with E-state index in [2.05, 4.69) is 39.4 Å². The van der Waals surface area contributed by atoms with E-state index in [-0.39, 0.29) is 29.0 Å². The van der Waals surface area contributed by atoms with Crippen LogP contribution in [0, 0.1) is 12.3 Å². The molecule has 7 heteroatoms. The molecule has 1 aliphatic carbocycles. The predicted octanol–water partition coefficient (Wildman–Crippen LogP) is 2.29. The molecule has 2 atom stereocenters. The molecule has 0 aromatic carbocycles. The lowest BCUT2D eigenvalue weighted by atomic mass is 9.74. The van der Waals surface area contributed by atoms with Crippen LogP contribution in [0.3, 0.4) is 0 Å². The summed E-state index contributed by atoms with van der Waals surface area (Å²) in [7, 11) is 0. The fraction of sp³-hybridized carbons (Fsp3) is 0.524. The number of H-pyrrole nitrogens is 1. The average Bonchev–Trinajstić information content (AvgIpc) is 2.60. The molecule has 0 saturated heterocycles. The van der Waals surface area contributed by atoms with E-state index in [0.29, 0.717) is 5.56 Å². The highest BCUT2D eigenvalue weighted by Gasteiger charge is 2.33. The summed E-state index contributed by atoms with van der Waals surface area (Å²) in [5.74, 6) is 0.630. The van der Waals surface area contributed by atoms with Gasteiger partial charge in [0.1, 0.15) is 5.82 Å². The van der Waals surface area contributed by atoms with Gasteiger partial charge in [-0.1, -0.05) is 13.8 Å². The monoisotopic (exact) mass is 383 g/mol. The minimum absolute atomic E-state index is 0.0114. The molecule has 0 spiro atoms. The first-order valence-electron chi connectivity index (χ1n) is 9.79. The van der Waals surface area contributed by atoms with Gasteiger partial charge in [-0.2, -0.15) is 0 Å². The smallest absolute Gasteiger partial charge is 0.252 e. The van der Waals surface area contributed by atoms with Crippen molar-refractivity contribution < 1.29 is 4.79 Å². The molecule has 0 fully saturated rings. The van der Waals surface area contributed by atoms with E-state index < -0.39 is 0 Å². The van der Waals surface area contributed by atoms with Gasteiger partial charge in [-0.25, -0.2) is 9.97 Å². The largest absolute Gasteiger partial charge is 0.349 e. The Morgan fingerprint density at radius 1 is 1.39 bits per heavy atom. The zero-order valence-electron chi connectivity index (χ0n) is 17.0. The molecule has 0 radical (unpaired) electrons. The van der Waals surface area contributed by atoms with Crippen molar-refractivity contribution in [1.82, 2.24) is 25.6 Å². The maximum Gasteiger partial charge on any atom is 0.252 e. The lowest BCUT2D eigenvalue weighted by Gasteiger charge is -2.36. The standard InChI is InChI=1S/C21H29N5O2/c1-13(25-20(28)15-5-6-19(27)24-11-15)7-8-22-17-9-21(3,4)10-18-16(17)12-23-14(2)26-18/h5-6,11-13,17,22H,7-10H2,1-4H3,(H,24,27)(H,25,28). The third-order valence-electron chi connectivity index (χ3n) is 5.19. The summed E-state index contributed by atoms with van der Waals surface area (Å²) in [6.45, 7) is 9.23. The van der Waals surface area contributed by atoms with E-state index in [4.69, 9.17) is 0 Å². The van der Waals surface area contributed by atoms with Gasteiger partial charge in [0.25, 0.3) is 5.91 Å².